The second kappa shape index (κ2) is 8.39. The van der Waals surface area contributed by atoms with E-state index in [-0.39, 0.29) is 28.5 Å². The normalized spacial score (nSPS) is 16.2. The molecule has 0 N–H and O–H groups in total. The Kier molecular flexibility index (Phi) is 5.84. The third-order valence-corrected chi connectivity index (χ3v) is 6.54. The second-order valence-corrected chi connectivity index (χ2v) is 9.95. The molecule has 1 aliphatic rings. The van der Waals surface area contributed by atoms with Crippen molar-refractivity contribution in [1.82, 2.24) is 9.97 Å². The van der Waals surface area contributed by atoms with Crippen molar-refractivity contribution in [2.24, 2.45) is 0 Å². The quantitative estimate of drug-likeness (QED) is 0.544. The molecular formula is C23H20F3N3O4S. The molecule has 0 bridgehead atoms. The van der Waals surface area contributed by atoms with Gasteiger partial charge in [-0.1, -0.05) is 18.2 Å². The third kappa shape index (κ3) is 4.47. The van der Waals surface area contributed by atoms with Gasteiger partial charge in [-0.2, -0.15) is 13.2 Å². The average molecular weight is 491 g/mol. The Labute approximate surface area is 194 Å². The van der Waals surface area contributed by atoms with E-state index < -0.39 is 39.3 Å². The number of carbonyl (C=O) groups is 1. The van der Waals surface area contributed by atoms with Crippen molar-refractivity contribution in [2.45, 2.75) is 37.6 Å². The number of benzene rings is 1. The summed E-state index contributed by atoms with van der Waals surface area (Å²) in [6.45, 7) is 3.04. The van der Waals surface area contributed by atoms with Gasteiger partial charge in [0.05, 0.1) is 17.1 Å². The number of halogens is 3. The van der Waals surface area contributed by atoms with Crippen molar-refractivity contribution in [3.63, 3.8) is 0 Å². The van der Waals surface area contributed by atoms with E-state index in [0.717, 1.165) is 17.2 Å². The van der Waals surface area contributed by atoms with E-state index in [1.54, 1.807) is 25.3 Å². The number of carbonyl (C=O) groups excluding carboxylic acids is 1. The summed E-state index contributed by atoms with van der Waals surface area (Å²) >= 11 is 0. The van der Waals surface area contributed by atoms with Crippen molar-refractivity contribution in [3.05, 3.63) is 65.5 Å². The summed E-state index contributed by atoms with van der Waals surface area (Å²) in [6, 6.07) is 9.64. The Morgan fingerprint density at radius 1 is 1.15 bits per heavy atom. The van der Waals surface area contributed by atoms with Gasteiger partial charge in [-0.25, -0.2) is 13.4 Å². The number of ether oxygens (including phenoxy) is 1. The second-order valence-electron chi connectivity index (χ2n) is 7.94. The van der Waals surface area contributed by atoms with Gasteiger partial charge in [0.2, 0.25) is 0 Å². The molecule has 0 saturated heterocycles. The number of hydrogen-bond acceptors (Lipinski definition) is 6. The molecule has 7 nitrogen and oxygen atoms in total. The maximum Gasteiger partial charge on any atom is 0.420 e. The van der Waals surface area contributed by atoms with Crippen LogP contribution in [0.4, 0.5) is 19.0 Å². The van der Waals surface area contributed by atoms with Gasteiger partial charge in [0, 0.05) is 23.7 Å². The first-order chi connectivity index (χ1) is 15.9. The number of hydrogen-bond donors (Lipinski definition) is 0. The Bertz CT molecular complexity index is 1390. The van der Waals surface area contributed by atoms with Crippen LogP contribution in [0.25, 0.3) is 11.3 Å². The largest absolute Gasteiger partial charge is 0.476 e. The average Bonchev–Trinajstić information content (AvgIpc) is 2.76. The number of rotatable bonds is 4. The van der Waals surface area contributed by atoms with Crippen LogP contribution in [-0.2, 0) is 27.4 Å². The van der Waals surface area contributed by atoms with Crippen LogP contribution in [0.2, 0.25) is 0 Å². The van der Waals surface area contributed by atoms with Gasteiger partial charge in [0.25, 0.3) is 5.91 Å². The van der Waals surface area contributed by atoms with Crippen LogP contribution in [0.5, 0.6) is 5.75 Å². The SMILES string of the molecule is Cc1ncccc1CN1C(=O)[C@@H](C)Oc2c(C(F)(F)F)cc(-c3cccc(S(C)(=O)=O)c3)nc21. The zero-order chi connectivity index (χ0) is 24.8. The van der Waals surface area contributed by atoms with Crippen LogP contribution in [0.1, 0.15) is 23.7 Å². The third-order valence-electron chi connectivity index (χ3n) is 5.43. The number of anilines is 1. The van der Waals surface area contributed by atoms with E-state index in [0.29, 0.717) is 11.3 Å². The summed E-state index contributed by atoms with van der Waals surface area (Å²) in [5.41, 5.74) is 0.152. The molecule has 1 amide bonds. The van der Waals surface area contributed by atoms with Crippen LogP contribution in [0, 0.1) is 6.92 Å². The summed E-state index contributed by atoms with van der Waals surface area (Å²) in [4.78, 5) is 22.6. The fourth-order valence-corrected chi connectivity index (χ4v) is 4.29. The zero-order valence-corrected chi connectivity index (χ0v) is 19.2. The molecule has 1 aliphatic heterocycles. The molecular weight excluding hydrogens is 471 g/mol. The number of fused-ring (bicyclic) bond motifs is 1. The summed E-state index contributed by atoms with van der Waals surface area (Å²) in [6.07, 6.45) is -3.40. The highest BCUT2D eigenvalue weighted by molar-refractivity contribution is 7.90. The fraction of sp³-hybridized carbons (Fsp3) is 0.261. The number of sulfone groups is 1. The van der Waals surface area contributed by atoms with Crippen molar-refractivity contribution in [1.29, 1.82) is 0 Å². The van der Waals surface area contributed by atoms with E-state index in [9.17, 15) is 26.4 Å². The molecule has 1 aromatic carbocycles. The van der Waals surface area contributed by atoms with Gasteiger partial charge in [0.15, 0.2) is 27.5 Å². The van der Waals surface area contributed by atoms with Crippen molar-refractivity contribution in [2.75, 3.05) is 11.2 Å². The lowest BCUT2D eigenvalue weighted by Gasteiger charge is -2.34. The molecule has 178 valence electrons. The van der Waals surface area contributed by atoms with Gasteiger partial charge >= 0.3 is 6.18 Å². The molecule has 1 atom stereocenters. The monoisotopic (exact) mass is 491 g/mol. The fourth-order valence-electron chi connectivity index (χ4n) is 3.62. The molecule has 4 rings (SSSR count). The summed E-state index contributed by atoms with van der Waals surface area (Å²) in [5.74, 6) is -1.40. The predicted octanol–water partition coefficient (Wildman–Crippen LogP) is 4.19. The van der Waals surface area contributed by atoms with E-state index in [2.05, 4.69) is 9.97 Å². The van der Waals surface area contributed by atoms with Crippen LogP contribution in [0.15, 0.2) is 53.6 Å². The van der Waals surface area contributed by atoms with Crippen LogP contribution >= 0.6 is 0 Å². The molecule has 0 spiro atoms. The number of nitrogens with zero attached hydrogens (tertiary/aromatic N) is 3. The van der Waals surface area contributed by atoms with Gasteiger partial charge in [-0.05, 0) is 43.7 Å². The molecule has 3 aromatic rings. The number of aromatic nitrogens is 2. The Morgan fingerprint density at radius 2 is 1.88 bits per heavy atom. The standard InChI is InChI=1S/C23H20F3N3O4S/c1-13-16(7-5-9-27-13)12-29-21-20(33-14(2)22(29)30)18(23(24,25)26)11-19(28-21)15-6-4-8-17(10-15)34(3,31)32/h4-11,14H,12H2,1-3H3/t14-/m1/s1. The number of amides is 1. The summed E-state index contributed by atoms with van der Waals surface area (Å²) in [7, 11) is -3.61. The minimum absolute atomic E-state index is 0.0592. The van der Waals surface area contributed by atoms with Crippen LogP contribution in [-0.4, -0.2) is 36.7 Å². The molecule has 3 heterocycles. The van der Waals surface area contributed by atoms with Crippen LogP contribution < -0.4 is 9.64 Å². The lowest BCUT2D eigenvalue weighted by atomic mass is 10.1. The minimum atomic E-state index is -4.81. The molecule has 0 unspecified atom stereocenters. The number of alkyl halides is 3. The number of pyridine rings is 2. The lowest BCUT2D eigenvalue weighted by Crippen LogP contribution is -2.45. The molecule has 34 heavy (non-hydrogen) atoms. The first-order valence-corrected chi connectivity index (χ1v) is 12.1. The topological polar surface area (TPSA) is 89.5 Å². The molecule has 0 fully saturated rings. The lowest BCUT2D eigenvalue weighted by molar-refractivity contribution is -0.141. The Hall–Kier alpha value is -3.47. The highest BCUT2D eigenvalue weighted by atomic mass is 32.2. The zero-order valence-electron chi connectivity index (χ0n) is 18.4. The number of aryl methyl sites for hydroxylation is 1. The van der Waals surface area contributed by atoms with Crippen molar-refractivity contribution >= 4 is 21.6 Å². The van der Waals surface area contributed by atoms with Gasteiger partial charge in [0.1, 0.15) is 5.56 Å². The van der Waals surface area contributed by atoms with E-state index in [1.165, 1.54) is 31.2 Å². The van der Waals surface area contributed by atoms with Gasteiger partial charge in [-0.15, -0.1) is 0 Å². The molecule has 0 aliphatic carbocycles. The molecule has 0 saturated carbocycles. The predicted molar refractivity (Wildman–Crippen MR) is 118 cm³/mol. The maximum atomic E-state index is 14.1. The van der Waals surface area contributed by atoms with Crippen molar-refractivity contribution < 1.29 is 31.1 Å². The molecule has 11 heteroatoms. The smallest absolute Gasteiger partial charge is 0.420 e. The highest BCUT2D eigenvalue weighted by Gasteiger charge is 2.43. The first kappa shape index (κ1) is 23.7. The maximum absolute atomic E-state index is 14.1. The summed E-state index contributed by atoms with van der Waals surface area (Å²) < 4.78 is 71.5. The Balaban J connectivity index is 1.94. The Morgan fingerprint density at radius 3 is 2.53 bits per heavy atom. The molecule has 0 radical (unpaired) electrons. The molecule has 2 aromatic heterocycles. The van der Waals surface area contributed by atoms with E-state index in [1.807, 2.05) is 0 Å². The van der Waals surface area contributed by atoms with Crippen LogP contribution in [0.3, 0.4) is 0 Å². The summed E-state index contributed by atoms with van der Waals surface area (Å²) in [5, 5.41) is 0. The van der Waals surface area contributed by atoms with E-state index >= 15 is 0 Å². The van der Waals surface area contributed by atoms with Gasteiger partial charge in [-0.3, -0.25) is 14.7 Å². The first-order valence-electron chi connectivity index (χ1n) is 10.2. The van der Waals surface area contributed by atoms with Gasteiger partial charge < -0.3 is 4.74 Å². The van der Waals surface area contributed by atoms with Crippen molar-refractivity contribution in [3.8, 4) is 17.0 Å². The highest BCUT2D eigenvalue weighted by Crippen LogP contribution is 2.46. The minimum Gasteiger partial charge on any atom is -0.476 e. The van der Waals surface area contributed by atoms with E-state index in [4.69, 9.17) is 4.74 Å².